The number of rotatable bonds is 8. The lowest BCUT2D eigenvalue weighted by Crippen LogP contribution is -2.58. The SMILES string of the molecule is CNC(=O)[C@H](Cc1ccc(OC)cc1)NC(=O)C1(CC(=O)NO)Cc2ccccc21. The van der Waals surface area contributed by atoms with Crippen molar-refractivity contribution in [2.24, 2.45) is 0 Å². The molecule has 30 heavy (non-hydrogen) atoms. The molecule has 158 valence electrons. The summed E-state index contributed by atoms with van der Waals surface area (Å²) in [6.07, 6.45) is 0.417. The molecule has 0 aliphatic heterocycles. The average molecular weight is 411 g/mol. The van der Waals surface area contributed by atoms with Crippen molar-refractivity contribution in [3.8, 4) is 5.75 Å². The number of fused-ring (bicyclic) bond motifs is 1. The van der Waals surface area contributed by atoms with Crippen LogP contribution < -0.4 is 20.9 Å². The lowest BCUT2D eigenvalue weighted by atomic mass is 9.61. The molecular formula is C22H25N3O5. The van der Waals surface area contributed by atoms with Crippen LogP contribution in [0.3, 0.4) is 0 Å². The first kappa shape index (κ1) is 21.3. The first-order chi connectivity index (χ1) is 14.4. The largest absolute Gasteiger partial charge is 0.497 e. The predicted octanol–water partition coefficient (Wildman–Crippen LogP) is 0.858. The number of hydrogen-bond acceptors (Lipinski definition) is 5. The summed E-state index contributed by atoms with van der Waals surface area (Å²) < 4.78 is 5.15. The summed E-state index contributed by atoms with van der Waals surface area (Å²) in [5.74, 6) is -0.730. The number of nitrogens with one attached hydrogen (secondary N) is 3. The van der Waals surface area contributed by atoms with Crippen LogP contribution in [0.5, 0.6) is 5.75 Å². The number of likely N-dealkylation sites (N-methyl/N-ethyl adjacent to an activating group) is 1. The molecule has 0 saturated heterocycles. The van der Waals surface area contributed by atoms with E-state index in [9.17, 15) is 14.4 Å². The summed E-state index contributed by atoms with van der Waals surface area (Å²) in [7, 11) is 3.07. The molecule has 1 aliphatic carbocycles. The minimum absolute atomic E-state index is 0.213. The highest BCUT2D eigenvalue weighted by atomic mass is 16.5. The zero-order valence-corrected chi connectivity index (χ0v) is 16.9. The Morgan fingerprint density at radius 3 is 2.43 bits per heavy atom. The minimum Gasteiger partial charge on any atom is -0.497 e. The molecule has 0 fully saturated rings. The van der Waals surface area contributed by atoms with Crippen molar-refractivity contribution in [2.45, 2.75) is 30.7 Å². The number of hydroxylamine groups is 1. The molecule has 2 aromatic carbocycles. The Balaban J connectivity index is 1.84. The van der Waals surface area contributed by atoms with Gasteiger partial charge >= 0.3 is 0 Å². The van der Waals surface area contributed by atoms with Crippen LogP contribution in [-0.4, -0.2) is 43.1 Å². The average Bonchev–Trinajstić information content (AvgIpc) is 2.76. The lowest BCUT2D eigenvalue weighted by molar-refractivity contribution is -0.138. The monoisotopic (exact) mass is 411 g/mol. The number of ether oxygens (including phenoxy) is 1. The van der Waals surface area contributed by atoms with E-state index >= 15 is 0 Å². The van der Waals surface area contributed by atoms with Crippen molar-refractivity contribution in [3.63, 3.8) is 0 Å². The van der Waals surface area contributed by atoms with Gasteiger partial charge in [0.25, 0.3) is 0 Å². The van der Waals surface area contributed by atoms with Gasteiger partial charge in [0.15, 0.2) is 0 Å². The van der Waals surface area contributed by atoms with Crippen molar-refractivity contribution < 1.29 is 24.3 Å². The topological polar surface area (TPSA) is 117 Å². The number of carbonyl (C=O) groups is 3. The van der Waals surface area contributed by atoms with E-state index in [0.29, 0.717) is 12.2 Å². The highest BCUT2D eigenvalue weighted by Gasteiger charge is 2.50. The maximum atomic E-state index is 13.3. The van der Waals surface area contributed by atoms with Gasteiger partial charge in [-0.2, -0.15) is 0 Å². The summed E-state index contributed by atoms with van der Waals surface area (Å²) in [6.45, 7) is 0. The van der Waals surface area contributed by atoms with E-state index in [1.807, 2.05) is 24.3 Å². The number of amides is 3. The fraction of sp³-hybridized carbons (Fsp3) is 0.318. The van der Waals surface area contributed by atoms with Crippen molar-refractivity contribution in [1.29, 1.82) is 0 Å². The number of hydrogen-bond donors (Lipinski definition) is 4. The van der Waals surface area contributed by atoms with Gasteiger partial charge < -0.3 is 15.4 Å². The Labute approximate surface area is 174 Å². The van der Waals surface area contributed by atoms with E-state index in [1.165, 1.54) is 7.05 Å². The van der Waals surface area contributed by atoms with Crippen LogP contribution in [-0.2, 0) is 32.6 Å². The van der Waals surface area contributed by atoms with Gasteiger partial charge in [-0.15, -0.1) is 0 Å². The second-order valence-electron chi connectivity index (χ2n) is 7.32. The predicted molar refractivity (Wildman–Crippen MR) is 109 cm³/mol. The first-order valence-corrected chi connectivity index (χ1v) is 9.60. The smallest absolute Gasteiger partial charge is 0.244 e. The summed E-state index contributed by atoms with van der Waals surface area (Å²) in [6, 6.07) is 13.8. The molecule has 0 aromatic heterocycles. The fourth-order valence-corrected chi connectivity index (χ4v) is 3.89. The van der Waals surface area contributed by atoms with Crippen molar-refractivity contribution in [1.82, 2.24) is 16.1 Å². The summed E-state index contributed by atoms with van der Waals surface area (Å²) in [5, 5.41) is 14.4. The van der Waals surface area contributed by atoms with Gasteiger partial charge in [-0.3, -0.25) is 19.6 Å². The molecule has 8 heteroatoms. The van der Waals surface area contributed by atoms with Gasteiger partial charge in [0.05, 0.1) is 12.5 Å². The van der Waals surface area contributed by atoms with E-state index in [-0.39, 0.29) is 18.7 Å². The van der Waals surface area contributed by atoms with Crippen LogP contribution in [0.4, 0.5) is 0 Å². The Kier molecular flexibility index (Phi) is 6.37. The van der Waals surface area contributed by atoms with Gasteiger partial charge in [0, 0.05) is 19.9 Å². The number of methoxy groups -OCH3 is 1. The maximum Gasteiger partial charge on any atom is 0.244 e. The summed E-state index contributed by atoms with van der Waals surface area (Å²) in [4.78, 5) is 37.7. The minimum atomic E-state index is -1.13. The third-order valence-corrected chi connectivity index (χ3v) is 5.51. The molecule has 2 aromatic rings. The molecule has 0 radical (unpaired) electrons. The van der Waals surface area contributed by atoms with E-state index in [2.05, 4.69) is 10.6 Å². The van der Waals surface area contributed by atoms with Crippen LogP contribution in [0.25, 0.3) is 0 Å². The Bertz CT molecular complexity index is 944. The van der Waals surface area contributed by atoms with Crippen LogP contribution in [0.2, 0.25) is 0 Å². The second-order valence-corrected chi connectivity index (χ2v) is 7.32. The summed E-state index contributed by atoms with van der Waals surface area (Å²) in [5.41, 5.74) is 3.01. The van der Waals surface area contributed by atoms with E-state index < -0.39 is 23.3 Å². The maximum absolute atomic E-state index is 13.3. The molecule has 1 unspecified atom stereocenters. The normalized spacial score (nSPS) is 17.7. The standard InChI is InChI=1S/C22H25N3O5/c1-23-20(27)18(11-14-7-9-16(30-2)10-8-14)24-21(28)22(13-19(26)25-29)12-15-5-3-4-6-17(15)22/h3-10,18,29H,11-13H2,1-2H3,(H,23,27)(H,24,28)(H,25,26)/t18-,22?/m0/s1. The molecule has 3 amide bonds. The molecule has 0 spiro atoms. The Hall–Kier alpha value is -3.39. The van der Waals surface area contributed by atoms with Gasteiger partial charge in [-0.1, -0.05) is 36.4 Å². The third-order valence-electron chi connectivity index (χ3n) is 5.51. The molecule has 4 N–H and O–H groups in total. The van der Waals surface area contributed by atoms with Crippen molar-refractivity contribution in [3.05, 3.63) is 65.2 Å². The molecule has 2 atom stereocenters. The molecule has 3 rings (SSSR count). The highest BCUT2D eigenvalue weighted by Crippen LogP contribution is 2.44. The van der Waals surface area contributed by atoms with Gasteiger partial charge in [0.2, 0.25) is 17.7 Å². The van der Waals surface area contributed by atoms with Crippen molar-refractivity contribution >= 4 is 17.7 Å². The van der Waals surface area contributed by atoms with Gasteiger partial charge in [-0.25, -0.2) is 5.48 Å². The molecule has 1 aliphatic rings. The number of carbonyl (C=O) groups excluding carboxylic acids is 3. The fourth-order valence-electron chi connectivity index (χ4n) is 3.89. The number of benzene rings is 2. The Morgan fingerprint density at radius 1 is 1.13 bits per heavy atom. The lowest BCUT2D eigenvalue weighted by Gasteiger charge is -2.42. The van der Waals surface area contributed by atoms with Gasteiger partial charge in [0.1, 0.15) is 11.8 Å². The molecule has 0 saturated carbocycles. The second kappa shape index (κ2) is 8.96. The van der Waals surface area contributed by atoms with Crippen LogP contribution in [0.1, 0.15) is 23.1 Å². The first-order valence-electron chi connectivity index (χ1n) is 9.60. The molecule has 8 nitrogen and oxygen atoms in total. The quantitative estimate of drug-likeness (QED) is 0.380. The van der Waals surface area contributed by atoms with Crippen LogP contribution >= 0.6 is 0 Å². The Morgan fingerprint density at radius 2 is 1.83 bits per heavy atom. The van der Waals surface area contributed by atoms with E-state index in [1.54, 1.807) is 36.9 Å². The van der Waals surface area contributed by atoms with E-state index in [4.69, 9.17) is 9.94 Å². The van der Waals surface area contributed by atoms with Crippen LogP contribution in [0.15, 0.2) is 48.5 Å². The van der Waals surface area contributed by atoms with Gasteiger partial charge in [-0.05, 0) is 35.2 Å². The summed E-state index contributed by atoms with van der Waals surface area (Å²) >= 11 is 0. The van der Waals surface area contributed by atoms with E-state index in [0.717, 1.165) is 16.7 Å². The van der Waals surface area contributed by atoms with Crippen molar-refractivity contribution in [2.75, 3.05) is 14.2 Å². The molecule has 0 heterocycles. The van der Waals surface area contributed by atoms with Crippen LogP contribution in [0, 0.1) is 0 Å². The highest BCUT2D eigenvalue weighted by molar-refractivity contribution is 5.98. The third kappa shape index (κ3) is 4.13. The molecular weight excluding hydrogens is 386 g/mol. The molecule has 0 bridgehead atoms. The zero-order valence-electron chi connectivity index (χ0n) is 16.9. The zero-order chi connectivity index (χ0) is 21.7.